The molecule has 0 aliphatic carbocycles. The number of fused-ring (bicyclic) bond motifs is 2. The van der Waals surface area contributed by atoms with E-state index in [9.17, 15) is 14.0 Å². The molecule has 1 amide bonds. The van der Waals surface area contributed by atoms with Crippen molar-refractivity contribution >= 4 is 38.6 Å². The molecule has 6 nitrogen and oxygen atoms in total. The molecule has 8 heteroatoms. The summed E-state index contributed by atoms with van der Waals surface area (Å²) in [6.07, 6.45) is 0. The van der Waals surface area contributed by atoms with Crippen LogP contribution in [0.1, 0.15) is 33.5 Å². The number of anilines is 1. The Morgan fingerprint density at radius 2 is 1.97 bits per heavy atom. The van der Waals surface area contributed by atoms with E-state index in [0.29, 0.717) is 26.8 Å². The zero-order valence-corrected chi connectivity index (χ0v) is 16.6. The number of hydrogen-bond donors (Lipinski definition) is 0. The molecule has 0 fully saturated rings. The van der Waals surface area contributed by atoms with Crippen LogP contribution in [0.3, 0.4) is 0 Å². The van der Waals surface area contributed by atoms with Gasteiger partial charge in [-0.2, -0.15) is 0 Å². The largest absolute Gasteiger partial charge is 0.450 e. The van der Waals surface area contributed by atoms with E-state index in [0.717, 1.165) is 0 Å². The van der Waals surface area contributed by atoms with Gasteiger partial charge in [-0.05, 0) is 42.8 Å². The summed E-state index contributed by atoms with van der Waals surface area (Å²) in [5, 5.41) is 4.25. The summed E-state index contributed by atoms with van der Waals surface area (Å²) in [7, 11) is 0. The van der Waals surface area contributed by atoms with E-state index in [1.54, 1.807) is 37.3 Å². The first-order valence-electron chi connectivity index (χ1n) is 8.72. The molecular formula is C21H12BrFN2O4. The van der Waals surface area contributed by atoms with Crippen LogP contribution in [0.25, 0.3) is 11.0 Å². The van der Waals surface area contributed by atoms with E-state index in [1.165, 1.54) is 23.1 Å². The highest BCUT2D eigenvalue weighted by atomic mass is 79.9. The molecule has 5 rings (SSSR count). The lowest BCUT2D eigenvalue weighted by Gasteiger charge is -2.22. The molecule has 4 aromatic rings. The van der Waals surface area contributed by atoms with E-state index < -0.39 is 17.8 Å². The van der Waals surface area contributed by atoms with Crippen molar-refractivity contribution in [3.63, 3.8) is 0 Å². The normalized spacial score (nSPS) is 15.9. The quantitative estimate of drug-likeness (QED) is 0.437. The summed E-state index contributed by atoms with van der Waals surface area (Å²) in [5.41, 5.74) is 0.514. The van der Waals surface area contributed by atoms with Crippen molar-refractivity contribution < 1.29 is 18.1 Å². The second-order valence-corrected chi connectivity index (χ2v) is 7.66. The van der Waals surface area contributed by atoms with Gasteiger partial charge in [0.1, 0.15) is 17.2 Å². The molecule has 1 aliphatic heterocycles. The molecule has 2 aromatic heterocycles. The summed E-state index contributed by atoms with van der Waals surface area (Å²) >= 11 is 3.35. The Morgan fingerprint density at radius 1 is 1.14 bits per heavy atom. The van der Waals surface area contributed by atoms with Crippen LogP contribution < -0.4 is 10.3 Å². The van der Waals surface area contributed by atoms with E-state index in [2.05, 4.69) is 21.1 Å². The molecule has 29 heavy (non-hydrogen) atoms. The lowest BCUT2D eigenvalue weighted by atomic mass is 9.98. The molecule has 0 saturated carbocycles. The van der Waals surface area contributed by atoms with Gasteiger partial charge in [0.25, 0.3) is 5.91 Å². The number of aromatic nitrogens is 1. The molecule has 0 bridgehead atoms. The fourth-order valence-corrected chi connectivity index (χ4v) is 4.00. The number of amides is 1. The van der Waals surface area contributed by atoms with Crippen LogP contribution in [-0.2, 0) is 0 Å². The Kier molecular flexibility index (Phi) is 3.92. The van der Waals surface area contributed by atoms with Gasteiger partial charge in [0, 0.05) is 10.5 Å². The van der Waals surface area contributed by atoms with Crippen molar-refractivity contribution in [2.45, 2.75) is 13.0 Å². The average molecular weight is 455 g/mol. The number of nitrogens with zero attached hydrogens (tertiary/aromatic N) is 2. The summed E-state index contributed by atoms with van der Waals surface area (Å²) < 4.78 is 25.6. The van der Waals surface area contributed by atoms with Crippen molar-refractivity contribution in [3.05, 3.63) is 91.7 Å². The molecule has 0 radical (unpaired) electrons. The second kappa shape index (κ2) is 6.38. The van der Waals surface area contributed by atoms with Gasteiger partial charge < -0.3 is 8.94 Å². The molecule has 2 aromatic carbocycles. The molecule has 1 atom stereocenters. The maximum atomic E-state index is 14.0. The summed E-state index contributed by atoms with van der Waals surface area (Å²) in [4.78, 5) is 27.9. The van der Waals surface area contributed by atoms with Crippen LogP contribution in [0, 0.1) is 12.7 Å². The van der Waals surface area contributed by atoms with Gasteiger partial charge in [0.15, 0.2) is 11.2 Å². The molecule has 0 N–H and O–H groups in total. The van der Waals surface area contributed by atoms with Crippen LogP contribution in [0.5, 0.6) is 0 Å². The number of carbonyl (C=O) groups is 1. The minimum Gasteiger partial charge on any atom is -0.450 e. The van der Waals surface area contributed by atoms with Crippen molar-refractivity contribution in [3.8, 4) is 0 Å². The van der Waals surface area contributed by atoms with Crippen molar-refractivity contribution in [2.75, 3.05) is 4.90 Å². The first-order valence-corrected chi connectivity index (χ1v) is 9.52. The number of benzene rings is 2. The Bertz CT molecular complexity index is 1360. The van der Waals surface area contributed by atoms with Gasteiger partial charge in [0.2, 0.25) is 5.76 Å². The number of hydrogen-bond acceptors (Lipinski definition) is 5. The second-order valence-electron chi connectivity index (χ2n) is 6.74. The Morgan fingerprint density at radius 3 is 2.69 bits per heavy atom. The third-order valence-corrected chi connectivity index (χ3v) is 5.35. The average Bonchev–Trinajstić information content (AvgIpc) is 3.24. The highest BCUT2D eigenvalue weighted by molar-refractivity contribution is 9.10. The van der Waals surface area contributed by atoms with Crippen LogP contribution in [-0.4, -0.2) is 11.1 Å². The molecule has 1 aliphatic rings. The predicted molar refractivity (Wildman–Crippen MR) is 106 cm³/mol. The highest BCUT2D eigenvalue weighted by Gasteiger charge is 2.45. The maximum Gasteiger partial charge on any atom is 0.296 e. The Hall–Kier alpha value is -3.26. The molecule has 0 saturated heterocycles. The molecule has 1 unspecified atom stereocenters. The topological polar surface area (TPSA) is 76.6 Å². The van der Waals surface area contributed by atoms with Gasteiger partial charge in [0.05, 0.1) is 17.0 Å². The van der Waals surface area contributed by atoms with Crippen LogP contribution in [0.2, 0.25) is 0 Å². The first kappa shape index (κ1) is 17.8. The zero-order valence-electron chi connectivity index (χ0n) is 15.0. The number of carbonyl (C=O) groups excluding carboxylic acids is 1. The number of aryl methyl sites for hydroxylation is 1. The van der Waals surface area contributed by atoms with E-state index >= 15 is 0 Å². The molecule has 144 valence electrons. The molecule has 0 spiro atoms. The molecular weight excluding hydrogens is 443 g/mol. The van der Waals surface area contributed by atoms with Crippen LogP contribution in [0.4, 0.5) is 10.2 Å². The third-order valence-electron chi connectivity index (χ3n) is 4.86. The first-order chi connectivity index (χ1) is 13.9. The van der Waals surface area contributed by atoms with Crippen molar-refractivity contribution in [1.29, 1.82) is 0 Å². The monoisotopic (exact) mass is 454 g/mol. The fourth-order valence-electron chi connectivity index (χ4n) is 3.64. The lowest BCUT2D eigenvalue weighted by molar-refractivity contribution is 0.0969. The van der Waals surface area contributed by atoms with Crippen molar-refractivity contribution in [2.24, 2.45) is 0 Å². The smallest absolute Gasteiger partial charge is 0.296 e. The van der Waals surface area contributed by atoms with Crippen LogP contribution >= 0.6 is 15.9 Å². The minimum atomic E-state index is -0.891. The maximum absolute atomic E-state index is 14.0. The van der Waals surface area contributed by atoms with E-state index in [4.69, 9.17) is 8.94 Å². The van der Waals surface area contributed by atoms with Gasteiger partial charge in [-0.3, -0.25) is 14.5 Å². The van der Waals surface area contributed by atoms with Gasteiger partial charge in [-0.15, -0.1) is 0 Å². The van der Waals surface area contributed by atoms with Crippen LogP contribution in [0.15, 0.2) is 66.7 Å². The van der Waals surface area contributed by atoms with Gasteiger partial charge in [-0.1, -0.05) is 33.2 Å². The zero-order chi connectivity index (χ0) is 20.3. The third kappa shape index (κ3) is 2.71. The summed E-state index contributed by atoms with van der Waals surface area (Å²) in [6.45, 7) is 1.69. The predicted octanol–water partition coefficient (Wildman–Crippen LogP) is 4.74. The SMILES string of the molecule is Cc1cc(N2C(=O)c3oc4ccc(Br)cc4c(=O)c3C2c2cccc(F)c2)no1. The lowest BCUT2D eigenvalue weighted by Crippen LogP contribution is -2.29. The molecule has 3 heterocycles. The standard InChI is InChI=1S/C21H12BrFN2O4/c1-10-7-16(24-29-10)25-18(11-3-2-4-13(23)8-11)17-19(26)14-9-12(22)5-6-15(14)28-20(17)21(25)27/h2-9,18H,1H3. The van der Waals surface area contributed by atoms with Crippen molar-refractivity contribution in [1.82, 2.24) is 5.16 Å². The fraction of sp³-hybridized carbons (Fsp3) is 0.0952. The summed E-state index contributed by atoms with van der Waals surface area (Å²) in [5.74, 6) is -0.384. The van der Waals surface area contributed by atoms with E-state index in [-0.39, 0.29) is 22.6 Å². The Labute approximate surface area is 171 Å². The van der Waals surface area contributed by atoms with E-state index in [1.807, 2.05) is 0 Å². The minimum absolute atomic E-state index is 0.0836. The number of halogens is 2. The highest BCUT2D eigenvalue weighted by Crippen LogP contribution is 2.41. The van der Waals surface area contributed by atoms with Gasteiger partial charge in [-0.25, -0.2) is 4.39 Å². The Balaban J connectivity index is 1.84. The number of rotatable bonds is 2. The summed E-state index contributed by atoms with van der Waals surface area (Å²) in [6, 6.07) is 11.4. The van der Waals surface area contributed by atoms with Gasteiger partial charge >= 0.3 is 0 Å².